The van der Waals surface area contributed by atoms with Gasteiger partial charge in [0, 0.05) is 5.56 Å². The van der Waals surface area contributed by atoms with Crippen LogP contribution in [0.2, 0.25) is 0 Å². The molecular formula is C20H21BrO5. The van der Waals surface area contributed by atoms with E-state index >= 15 is 0 Å². The molecule has 2 rings (SSSR count). The van der Waals surface area contributed by atoms with Crippen LogP contribution in [-0.2, 0) is 0 Å². The molecule has 0 aliphatic carbocycles. The molecule has 0 spiro atoms. The minimum absolute atomic E-state index is 0.00942. The van der Waals surface area contributed by atoms with Crippen molar-refractivity contribution in [3.8, 4) is 23.0 Å². The average Bonchev–Trinajstić information content (AvgIpc) is 2.63. The summed E-state index contributed by atoms with van der Waals surface area (Å²) in [6, 6.07) is 8.15. The van der Waals surface area contributed by atoms with Gasteiger partial charge in [-0.15, -0.1) is 0 Å². The topological polar surface area (TPSA) is 65.0 Å². The molecule has 0 saturated carbocycles. The predicted molar refractivity (Wildman–Crippen MR) is 105 cm³/mol. The number of benzene rings is 2. The highest BCUT2D eigenvalue weighted by Crippen LogP contribution is 2.37. The van der Waals surface area contributed by atoms with E-state index < -0.39 is 0 Å². The Balaban J connectivity index is 2.28. The van der Waals surface area contributed by atoms with E-state index in [0.717, 1.165) is 10.0 Å². The van der Waals surface area contributed by atoms with Gasteiger partial charge in [-0.1, -0.05) is 6.08 Å². The maximum Gasteiger partial charge on any atom is 0.185 e. The Labute approximate surface area is 161 Å². The number of hydrogen-bond acceptors (Lipinski definition) is 5. The van der Waals surface area contributed by atoms with Gasteiger partial charge >= 0.3 is 0 Å². The Kier molecular flexibility index (Phi) is 7.09. The van der Waals surface area contributed by atoms with Gasteiger partial charge in [0.05, 0.1) is 24.8 Å². The molecule has 0 fully saturated rings. The molecule has 0 aliphatic heterocycles. The first-order valence-corrected chi connectivity index (χ1v) is 8.98. The molecule has 0 aliphatic rings. The maximum atomic E-state index is 12.4. The van der Waals surface area contributed by atoms with Crippen molar-refractivity contribution in [2.75, 3.05) is 20.3 Å². The van der Waals surface area contributed by atoms with Crippen molar-refractivity contribution in [1.29, 1.82) is 0 Å². The van der Waals surface area contributed by atoms with Crippen LogP contribution in [0.25, 0.3) is 6.08 Å². The second kappa shape index (κ2) is 9.29. The molecule has 26 heavy (non-hydrogen) atoms. The number of carbonyl (C=O) groups is 1. The van der Waals surface area contributed by atoms with Gasteiger partial charge in [0.25, 0.3) is 0 Å². The van der Waals surface area contributed by atoms with E-state index in [1.54, 1.807) is 12.1 Å². The number of rotatable bonds is 8. The third-order valence-electron chi connectivity index (χ3n) is 3.51. The Morgan fingerprint density at radius 1 is 1.12 bits per heavy atom. The van der Waals surface area contributed by atoms with Crippen LogP contribution in [0.15, 0.2) is 40.9 Å². The first-order valence-electron chi connectivity index (χ1n) is 8.18. The Morgan fingerprint density at radius 3 is 2.50 bits per heavy atom. The summed E-state index contributed by atoms with van der Waals surface area (Å²) in [7, 11) is 1.44. The predicted octanol–water partition coefficient (Wildman–Crippen LogP) is 4.86. The molecule has 2 aromatic carbocycles. The number of carbonyl (C=O) groups excluding carboxylic acids is 1. The fraction of sp³-hybridized carbons (Fsp3) is 0.250. The largest absolute Gasteiger partial charge is 0.504 e. The van der Waals surface area contributed by atoms with Crippen molar-refractivity contribution in [2.24, 2.45) is 0 Å². The lowest BCUT2D eigenvalue weighted by Crippen LogP contribution is -2.00. The van der Waals surface area contributed by atoms with E-state index in [9.17, 15) is 9.90 Å². The summed E-state index contributed by atoms with van der Waals surface area (Å²) in [5.41, 5.74) is 1.22. The van der Waals surface area contributed by atoms with Gasteiger partial charge in [0.15, 0.2) is 28.8 Å². The second-order valence-corrected chi connectivity index (χ2v) is 6.13. The zero-order chi connectivity index (χ0) is 19.1. The van der Waals surface area contributed by atoms with Crippen LogP contribution in [0.3, 0.4) is 0 Å². The first kappa shape index (κ1) is 19.8. The number of halogens is 1. The summed E-state index contributed by atoms with van der Waals surface area (Å²) in [5.74, 6) is 1.30. The molecule has 6 heteroatoms. The first-order chi connectivity index (χ1) is 12.5. The maximum absolute atomic E-state index is 12.4. The van der Waals surface area contributed by atoms with Crippen molar-refractivity contribution >= 4 is 27.8 Å². The van der Waals surface area contributed by atoms with Crippen molar-refractivity contribution in [3.63, 3.8) is 0 Å². The lowest BCUT2D eigenvalue weighted by molar-refractivity contribution is 0.104. The number of phenolic OH excluding ortho intramolecular Hbond substituents is 1. The zero-order valence-electron chi connectivity index (χ0n) is 14.9. The van der Waals surface area contributed by atoms with Gasteiger partial charge in [-0.05, 0) is 71.7 Å². The van der Waals surface area contributed by atoms with Crippen LogP contribution < -0.4 is 14.2 Å². The highest BCUT2D eigenvalue weighted by atomic mass is 79.9. The molecule has 0 saturated heterocycles. The molecule has 0 unspecified atom stereocenters. The number of hydrogen-bond donors (Lipinski definition) is 1. The SMILES string of the molecule is CCOc1cc(/C=C/C(=O)c2ccc(O)c(OC)c2)cc(Br)c1OCC. The Bertz CT molecular complexity index is 814. The van der Waals surface area contributed by atoms with E-state index in [-0.39, 0.29) is 17.3 Å². The fourth-order valence-corrected chi connectivity index (χ4v) is 2.90. The van der Waals surface area contributed by atoms with Crippen LogP contribution in [0, 0.1) is 0 Å². The van der Waals surface area contributed by atoms with Gasteiger partial charge in [-0.3, -0.25) is 4.79 Å². The van der Waals surface area contributed by atoms with E-state index in [2.05, 4.69) is 15.9 Å². The summed E-state index contributed by atoms with van der Waals surface area (Å²) in [4.78, 5) is 12.4. The highest BCUT2D eigenvalue weighted by molar-refractivity contribution is 9.10. The zero-order valence-corrected chi connectivity index (χ0v) is 16.5. The number of allylic oxidation sites excluding steroid dienone is 1. The van der Waals surface area contributed by atoms with Gasteiger partial charge in [0.2, 0.25) is 0 Å². The van der Waals surface area contributed by atoms with E-state index in [1.165, 1.54) is 25.3 Å². The van der Waals surface area contributed by atoms with E-state index in [1.807, 2.05) is 26.0 Å². The molecule has 1 N–H and O–H groups in total. The van der Waals surface area contributed by atoms with Crippen LogP contribution in [0.4, 0.5) is 0 Å². The monoisotopic (exact) mass is 420 g/mol. The highest BCUT2D eigenvalue weighted by Gasteiger charge is 2.12. The van der Waals surface area contributed by atoms with Crippen molar-refractivity contribution in [2.45, 2.75) is 13.8 Å². The summed E-state index contributed by atoms with van der Waals surface area (Å²) < 4.78 is 17.0. The third-order valence-corrected chi connectivity index (χ3v) is 4.10. The van der Waals surface area contributed by atoms with Gasteiger partial charge in [-0.25, -0.2) is 0 Å². The molecule has 138 valence electrons. The second-order valence-electron chi connectivity index (χ2n) is 5.28. The third kappa shape index (κ3) is 4.79. The lowest BCUT2D eigenvalue weighted by Gasteiger charge is -2.13. The van der Waals surface area contributed by atoms with Crippen LogP contribution in [-0.4, -0.2) is 31.2 Å². The van der Waals surface area contributed by atoms with Gasteiger partial charge in [0.1, 0.15) is 0 Å². The van der Waals surface area contributed by atoms with E-state index in [4.69, 9.17) is 14.2 Å². The van der Waals surface area contributed by atoms with Crippen LogP contribution >= 0.6 is 15.9 Å². The Morgan fingerprint density at radius 2 is 1.85 bits per heavy atom. The Hall–Kier alpha value is -2.47. The molecule has 0 bridgehead atoms. The van der Waals surface area contributed by atoms with Crippen LogP contribution in [0.1, 0.15) is 29.8 Å². The van der Waals surface area contributed by atoms with Crippen LogP contribution in [0.5, 0.6) is 23.0 Å². The summed E-state index contributed by atoms with van der Waals surface area (Å²) >= 11 is 3.48. The van der Waals surface area contributed by atoms with Gasteiger partial charge in [-0.2, -0.15) is 0 Å². The number of methoxy groups -OCH3 is 1. The molecule has 5 nitrogen and oxygen atoms in total. The molecular weight excluding hydrogens is 400 g/mol. The minimum atomic E-state index is -0.203. The molecule has 0 heterocycles. The molecule has 0 aromatic heterocycles. The number of phenols is 1. The summed E-state index contributed by atoms with van der Waals surface area (Å²) in [6.45, 7) is 4.83. The fourth-order valence-electron chi connectivity index (χ4n) is 2.33. The summed E-state index contributed by atoms with van der Waals surface area (Å²) in [6.07, 6.45) is 3.16. The van der Waals surface area contributed by atoms with Crippen molar-refractivity contribution < 1.29 is 24.1 Å². The summed E-state index contributed by atoms with van der Waals surface area (Å²) in [5, 5.41) is 9.62. The van der Waals surface area contributed by atoms with Gasteiger partial charge < -0.3 is 19.3 Å². The molecule has 0 amide bonds. The number of ether oxygens (including phenoxy) is 3. The smallest absolute Gasteiger partial charge is 0.185 e. The standard InChI is InChI=1S/C20H21BrO5/c1-4-25-19-11-13(10-15(21)20(19)26-5-2)6-8-16(22)14-7-9-17(23)18(12-14)24-3/h6-12,23H,4-5H2,1-3H3/b8-6+. The van der Waals surface area contributed by atoms with Crippen molar-refractivity contribution in [1.82, 2.24) is 0 Å². The quantitative estimate of drug-likeness (QED) is 0.487. The number of aromatic hydroxyl groups is 1. The molecule has 0 radical (unpaired) electrons. The minimum Gasteiger partial charge on any atom is -0.504 e. The average molecular weight is 421 g/mol. The van der Waals surface area contributed by atoms with E-state index in [0.29, 0.717) is 30.3 Å². The molecule has 0 atom stereocenters. The molecule has 2 aromatic rings. The lowest BCUT2D eigenvalue weighted by atomic mass is 10.1. The number of ketones is 1. The normalized spacial score (nSPS) is 10.8. The van der Waals surface area contributed by atoms with Crippen molar-refractivity contribution in [3.05, 3.63) is 52.0 Å².